The molecule has 0 aliphatic carbocycles. The normalized spacial score (nSPS) is 10.7. The number of carbonyl (C=O) groups is 1. The predicted molar refractivity (Wildman–Crippen MR) is 73.5 cm³/mol. The smallest absolute Gasteiger partial charge is 0.178 e. The standard InChI is InChI=1S/C13H9Cl2FOS/c1-7-6-18-13(11(7)14)10(17)5-8-3-2-4-9(16)12(8)15/h2-4,6H,5H2,1H3. The lowest BCUT2D eigenvalue weighted by Crippen LogP contribution is -2.03. The third-order valence-electron chi connectivity index (χ3n) is 2.53. The van der Waals surface area contributed by atoms with E-state index in [1.54, 1.807) is 6.07 Å². The first kappa shape index (κ1) is 13.5. The Hall–Kier alpha value is -0.900. The summed E-state index contributed by atoms with van der Waals surface area (Å²) in [6.45, 7) is 1.84. The van der Waals surface area contributed by atoms with E-state index in [9.17, 15) is 9.18 Å². The van der Waals surface area contributed by atoms with E-state index in [-0.39, 0.29) is 17.2 Å². The molecule has 0 fully saturated rings. The molecule has 18 heavy (non-hydrogen) atoms. The second-order valence-corrected chi connectivity index (χ2v) is 5.51. The maximum absolute atomic E-state index is 13.2. The van der Waals surface area contributed by atoms with Crippen molar-refractivity contribution >= 4 is 40.3 Å². The van der Waals surface area contributed by atoms with Crippen LogP contribution in [0.3, 0.4) is 0 Å². The van der Waals surface area contributed by atoms with Gasteiger partial charge in [0.25, 0.3) is 0 Å². The highest BCUT2D eigenvalue weighted by Crippen LogP contribution is 2.29. The molecule has 1 nitrogen and oxygen atoms in total. The van der Waals surface area contributed by atoms with Gasteiger partial charge in [-0.25, -0.2) is 4.39 Å². The van der Waals surface area contributed by atoms with E-state index >= 15 is 0 Å². The quantitative estimate of drug-likeness (QED) is 0.735. The minimum Gasteiger partial charge on any atom is -0.293 e. The fourth-order valence-corrected chi connectivity index (χ4v) is 2.99. The number of rotatable bonds is 3. The lowest BCUT2D eigenvalue weighted by Gasteiger charge is -2.03. The van der Waals surface area contributed by atoms with Crippen LogP contribution < -0.4 is 0 Å². The van der Waals surface area contributed by atoms with Crippen molar-refractivity contribution in [1.82, 2.24) is 0 Å². The fourth-order valence-electron chi connectivity index (χ4n) is 1.56. The molecule has 2 rings (SSSR count). The molecule has 0 N–H and O–H groups in total. The van der Waals surface area contributed by atoms with Crippen LogP contribution >= 0.6 is 34.5 Å². The summed E-state index contributed by atoms with van der Waals surface area (Å²) in [5.41, 5.74) is 1.35. The number of thiophene rings is 1. The van der Waals surface area contributed by atoms with Gasteiger partial charge in [0.05, 0.1) is 14.9 Å². The monoisotopic (exact) mass is 302 g/mol. The van der Waals surface area contributed by atoms with Gasteiger partial charge >= 0.3 is 0 Å². The Morgan fingerprint density at radius 1 is 1.33 bits per heavy atom. The average Bonchev–Trinajstić information content (AvgIpc) is 2.66. The molecule has 0 radical (unpaired) electrons. The van der Waals surface area contributed by atoms with Gasteiger partial charge in [0.15, 0.2) is 5.78 Å². The molecule has 0 aliphatic heterocycles. The minimum absolute atomic E-state index is 0.00440. The maximum atomic E-state index is 13.2. The van der Waals surface area contributed by atoms with E-state index in [1.165, 1.54) is 23.5 Å². The first-order valence-electron chi connectivity index (χ1n) is 5.20. The molecule has 2 aromatic rings. The largest absolute Gasteiger partial charge is 0.293 e. The van der Waals surface area contributed by atoms with E-state index in [2.05, 4.69) is 0 Å². The van der Waals surface area contributed by atoms with Crippen molar-refractivity contribution in [1.29, 1.82) is 0 Å². The highest BCUT2D eigenvalue weighted by Gasteiger charge is 2.17. The van der Waals surface area contributed by atoms with E-state index in [0.29, 0.717) is 15.5 Å². The number of aryl methyl sites for hydroxylation is 1. The Morgan fingerprint density at radius 2 is 2.06 bits per heavy atom. The Bertz CT molecular complexity index is 607. The van der Waals surface area contributed by atoms with Crippen LogP contribution in [0, 0.1) is 12.7 Å². The second-order valence-electron chi connectivity index (χ2n) is 3.87. The lowest BCUT2D eigenvalue weighted by molar-refractivity contribution is 0.0997. The van der Waals surface area contributed by atoms with Crippen molar-refractivity contribution in [2.24, 2.45) is 0 Å². The Balaban J connectivity index is 2.27. The molecule has 0 unspecified atom stereocenters. The first-order chi connectivity index (χ1) is 8.50. The molecule has 0 amide bonds. The van der Waals surface area contributed by atoms with Crippen molar-refractivity contribution in [3.8, 4) is 0 Å². The van der Waals surface area contributed by atoms with Crippen LogP contribution in [0.15, 0.2) is 23.6 Å². The summed E-state index contributed by atoms with van der Waals surface area (Å²) < 4.78 is 13.2. The molecule has 94 valence electrons. The number of hydrogen-bond donors (Lipinski definition) is 0. The molecule has 0 aliphatic rings. The number of carbonyl (C=O) groups excluding carboxylic acids is 1. The lowest BCUT2D eigenvalue weighted by atomic mass is 10.1. The van der Waals surface area contributed by atoms with Crippen molar-refractivity contribution in [2.75, 3.05) is 0 Å². The Kier molecular flexibility index (Phi) is 4.05. The number of ketones is 1. The van der Waals surface area contributed by atoms with Crippen LogP contribution in [0.1, 0.15) is 20.8 Å². The van der Waals surface area contributed by atoms with Gasteiger partial charge in [-0.3, -0.25) is 4.79 Å². The summed E-state index contributed by atoms with van der Waals surface area (Å²) in [4.78, 5) is 12.6. The zero-order valence-electron chi connectivity index (χ0n) is 9.47. The number of halogens is 3. The van der Waals surface area contributed by atoms with Crippen LogP contribution in [0.5, 0.6) is 0 Å². The van der Waals surface area contributed by atoms with Crippen LogP contribution in [-0.4, -0.2) is 5.78 Å². The summed E-state index contributed by atoms with van der Waals surface area (Å²) in [5.74, 6) is -0.666. The number of benzene rings is 1. The molecule has 1 heterocycles. The molecule has 0 bridgehead atoms. The molecule has 0 atom stereocenters. The predicted octanol–water partition coefficient (Wildman–Crippen LogP) is 4.93. The summed E-state index contributed by atoms with van der Waals surface area (Å²) in [5, 5.41) is 2.29. The van der Waals surface area contributed by atoms with Crippen LogP contribution in [0.25, 0.3) is 0 Å². The zero-order valence-corrected chi connectivity index (χ0v) is 11.8. The van der Waals surface area contributed by atoms with Gasteiger partial charge in [0.1, 0.15) is 5.82 Å². The zero-order chi connectivity index (χ0) is 13.3. The van der Waals surface area contributed by atoms with Gasteiger partial charge in [-0.2, -0.15) is 0 Å². The molecular weight excluding hydrogens is 294 g/mol. The molecule has 0 spiro atoms. The molecular formula is C13H9Cl2FOS. The summed E-state index contributed by atoms with van der Waals surface area (Å²) in [6.07, 6.45) is 0.0519. The van der Waals surface area contributed by atoms with Gasteiger partial charge in [-0.15, -0.1) is 11.3 Å². The maximum Gasteiger partial charge on any atom is 0.178 e. The summed E-state index contributed by atoms with van der Waals surface area (Å²) >= 11 is 13.1. The van der Waals surface area contributed by atoms with Gasteiger partial charge < -0.3 is 0 Å². The average molecular weight is 303 g/mol. The molecule has 0 saturated heterocycles. The van der Waals surface area contributed by atoms with Crippen molar-refractivity contribution < 1.29 is 9.18 Å². The van der Waals surface area contributed by atoms with E-state index in [4.69, 9.17) is 23.2 Å². The van der Waals surface area contributed by atoms with E-state index < -0.39 is 5.82 Å². The SMILES string of the molecule is Cc1csc(C(=O)Cc2cccc(F)c2Cl)c1Cl. The molecule has 5 heteroatoms. The number of Topliss-reactive ketones (excluding diaryl/α,β-unsaturated/α-hetero) is 1. The van der Waals surface area contributed by atoms with Gasteiger partial charge in [-0.1, -0.05) is 35.3 Å². The third kappa shape index (κ3) is 2.58. The van der Waals surface area contributed by atoms with Crippen molar-refractivity contribution in [2.45, 2.75) is 13.3 Å². The van der Waals surface area contributed by atoms with Gasteiger partial charge in [0.2, 0.25) is 0 Å². The highest BCUT2D eigenvalue weighted by molar-refractivity contribution is 7.13. The second kappa shape index (κ2) is 5.39. The van der Waals surface area contributed by atoms with E-state index in [0.717, 1.165) is 5.56 Å². The Morgan fingerprint density at radius 3 is 2.67 bits per heavy atom. The molecule has 0 saturated carbocycles. The topological polar surface area (TPSA) is 17.1 Å². The minimum atomic E-state index is -0.518. The molecule has 1 aromatic carbocycles. The first-order valence-corrected chi connectivity index (χ1v) is 6.84. The van der Waals surface area contributed by atoms with Gasteiger partial charge in [-0.05, 0) is 29.5 Å². The number of hydrogen-bond acceptors (Lipinski definition) is 2. The van der Waals surface area contributed by atoms with Crippen LogP contribution in [0.4, 0.5) is 4.39 Å². The van der Waals surface area contributed by atoms with Crippen molar-refractivity contribution in [3.05, 3.63) is 55.4 Å². The summed E-state index contributed by atoms with van der Waals surface area (Å²) in [6, 6.07) is 4.43. The van der Waals surface area contributed by atoms with Crippen LogP contribution in [-0.2, 0) is 6.42 Å². The fraction of sp³-hybridized carbons (Fsp3) is 0.154. The van der Waals surface area contributed by atoms with E-state index in [1.807, 2.05) is 12.3 Å². The third-order valence-corrected chi connectivity index (χ3v) is 4.70. The van der Waals surface area contributed by atoms with Crippen molar-refractivity contribution in [3.63, 3.8) is 0 Å². The highest BCUT2D eigenvalue weighted by atomic mass is 35.5. The van der Waals surface area contributed by atoms with Crippen LogP contribution in [0.2, 0.25) is 10.0 Å². The Labute approximate surface area is 118 Å². The van der Waals surface area contributed by atoms with Gasteiger partial charge in [0, 0.05) is 6.42 Å². The molecule has 1 aromatic heterocycles. The summed E-state index contributed by atoms with van der Waals surface area (Å²) in [7, 11) is 0.